The first kappa shape index (κ1) is 7.20. The minimum absolute atomic E-state index is 0.0955. The lowest BCUT2D eigenvalue weighted by Crippen LogP contribution is -2.54. The van der Waals surface area contributed by atoms with Crippen molar-refractivity contribution in [1.29, 1.82) is 0 Å². The summed E-state index contributed by atoms with van der Waals surface area (Å²) in [5.74, 6) is 7.36. The van der Waals surface area contributed by atoms with E-state index in [-0.39, 0.29) is 11.2 Å². The van der Waals surface area contributed by atoms with Gasteiger partial charge < -0.3 is 9.47 Å². The monoisotopic (exact) mass is 232 g/mol. The maximum absolute atomic E-state index is 6.20. The molecule has 7 aliphatic carbocycles. The fourth-order valence-electron chi connectivity index (χ4n) is 8.51. The average Bonchev–Trinajstić information content (AvgIpc) is 2.84. The van der Waals surface area contributed by atoms with Crippen LogP contribution in [0.25, 0.3) is 0 Å². The summed E-state index contributed by atoms with van der Waals surface area (Å²) in [6.45, 7) is 0. The SMILES string of the molecule is S=C1OC23[C@@H]4C[C@@H]5C6C4C4C6[C@H](C[C@@H]42)C53O1. The second-order valence-electron chi connectivity index (χ2n) is 7.25. The fourth-order valence-corrected chi connectivity index (χ4v) is 8.79. The van der Waals surface area contributed by atoms with E-state index in [1.807, 2.05) is 0 Å². The standard InChI is InChI=1S/C13H12O2S/c16-11-14-12-3-1-4-8-7(3)9-5(12)2-6(10(8)9)13(4,12)15-11/h3-10H,1-2H2/t3-,4-,5+,6+,7?,8?,9?,10?,12?,13?. The molecule has 0 amide bonds. The van der Waals surface area contributed by atoms with Crippen molar-refractivity contribution in [1.82, 2.24) is 0 Å². The van der Waals surface area contributed by atoms with Gasteiger partial charge in [0.25, 0.3) is 0 Å². The van der Waals surface area contributed by atoms with E-state index in [4.69, 9.17) is 21.7 Å². The Morgan fingerprint density at radius 2 is 1.19 bits per heavy atom. The Morgan fingerprint density at radius 1 is 0.812 bits per heavy atom. The highest BCUT2D eigenvalue weighted by atomic mass is 32.1. The van der Waals surface area contributed by atoms with Crippen molar-refractivity contribution in [2.75, 3.05) is 0 Å². The van der Waals surface area contributed by atoms with E-state index >= 15 is 0 Å². The Bertz CT molecular complexity index is 434. The van der Waals surface area contributed by atoms with Crippen LogP contribution in [0.1, 0.15) is 12.8 Å². The van der Waals surface area contributed by atoms with E-state index < -0.39 is 0 Å². The Morgan fingerprint density at radius 3 is 1.56 bits per heavy atom. The molecule has 0 aromatic carbocycles. The van der Waals surface area contributed by atoms with Crippen molar-refractivity contribution >= 4 is 17.5 Å². The van der Waals surface area contributed by atoms with Gasteiger partial charge in [-0.3, -0.25) is 0 Å². The summed E-state index contributed by atoms with van der Waals surface area (Å²) in [4.78, 5) is 0. The molecule has 0 radical (unpaired) electrons. The second-order valence-corrected chi connectivity index (χ2v) is 7.58. The minimum atomic E-state index is 0.0955. The molecule has 82 valence electrons. The molecule has 0 N–H and O–H groups in total. The first-order valence-electron chi connectivity index (χ1n) is 6.72. The van der Waals surface area contributed by atoms with Crippen molar-refractivity contribution in [3.63, 3.8) is 0 Å². The highest BCUT2D eigenvalue weighted by molar-refractivity contribution is 7.79. The molecule has 1 saturated heterocycles. The summed E-state index contributed by atoms with van der Waals surface area (Å²) >= 11 is 5.26. The number of hydrogen-bond acceptors (Lipinski definition) is 3. The molecule has 16 heavy (non-hydrogen) atoms. The Kier molecular flexibility index (Phi) is 0.680. The zero-order chi connectivity index (χ0) is 10.0. The first-order chi connectivity index (χ1) is 7.81. The van der Waals surface area contributed by atoms with Crippen LogP contribution in [-0.2, 0) is 9.47 Å². The van der Waals surface area contributed by atoms with Gasteiger partial charge in [0, 0.05) is 35.9 Å². The van der Waals surface area contributed by atoms with Crippen LogP contribution in [0, 0.1) is 47.3 Å². The molecule has 0 aromatic rings. The number of rotatable bonds is 0. The van der Waals surface area contributed by atoms with E-state index in [1.165, 1.54) is 12.8 Å². The average molecular weight is 232 g/mol. The van der Waals surface area contributed by atoms with E-state index in [0.29, 0.717) is 5.24 Å². The van der Waals surface area contributed by atoms with Crippen LogP contribution in [0.15, 0.2) is 0 Å². The molecule has 7 saturated carbocycles. The zero-order valence-electron chi connectivity index (χ0n) is 8.76. The van der Waals surface area contributed by atoms with Crippen LogP contribution >= 0.6 is 12.2 Å². The molecule has 6 unspecified atom stereocenters. The van der Waals surface area contributed by atoms with Gasteiger partial charge in [-0.2, -0.15) is 0 Å². The largest absolute Gasteiger partial charge is 0.445 e. The highest BCUT2D eigenvalue weighted by Crippen LogP contribution is 2.95. The normalized spacial score (nSPS) is 85.4. The Balaban J connectivity index is 1.72. The summed E-state index contributed by atoms with van der Waals surface area (Å²) in [5, 5.41) is 0.493. The van der Waals surface area contributed by atoms with Gasteiger partial charge in [0.1, 0.15) is 0 Å². The van der Waals surface area contributed by atoms with Crippen LogP contribution in [0.2, 0.25) is 0 Å². The third kappa shape index (κ3) is 0.322. The van der Waals surface area contributed by atoms with Gasteiger partial charge in [-0.15, -0.1) is 0 Å². The molecule has 1 aliphatic heterocycles. The van der Waals surface area contributed by atoms with E-state index in [2.05, 4.69) is 0 Å². The van der Waals surface area contributed by atoms with Crippen molar-refractivity contribution in [2.45, 2.75) is 24.0 Å². The van der Waals surface area contributed by atoms with Gasteiger partial charge in [-0.1, -0.05) is 0 Å². The van der Waals surface area contributed by atoms with Crippen LogP contribution in [0.5, 0.6) is 0 Å². The minimum Gasteiger partial charge on any atom is -0.445 e. The van der Waals surface area contributed by atoms with E-state index in [9.17, 15) is 0 Å². The molecular weight excluding hydrogens is 220 g/mol. The number of thiocarbonyl (C=S) groups is 1. The number of ether oxygens (including phenoxy) is 2. The molecule has 8 rings (SSSR count). The van der Waals surface area contributed by atoms with Crippen LogP contribution in [0.4, 0.5) is 0 Å². The topological polar surface area (TPSA) is 18.5 Å². The molecule has 1 heterocycles. The van der Waals surface area contributed by atoms with Gasteiger partial charge in [0.15, 0.2) is 11.2 Å². The molecule has 3 heteroatoms. The lowest BCUT2D eigenvalue weighted by Gasteiger charge is -2.44. The predicted molar refractivity (Wildman–Crippen MR) is 57.4 cm³/mol. The summed E-state index contributed by atoms with van der Waals surface area (Å²) in [6, 6.07) is 0. The lowest BCUT2D eigenvalue weighted by atomic mass is 9.60. The van der Waals surface area contributed by atoms with Crippen LogP contribution in [-0.4, -0.2) is 16.4 Å². The third-order valence-electron chi connectivity index (χ3n) is 7.97. The summed E-state index contributed by atoms with van der Waals surface area (Å²) < 4.78 is 12.4. The van der Waals surface area contributed by atoms with Gasteiger partial charge in [-0.05, 0) is 36.5 Å². The van der Waals surface area contributed by atoms with Crippen molar-refractivity contribution in [3.8, 4) is 0 Å². The molecule has 8 aliphatic rings. The summed E-state index contributed by atoms with van der Waals surface area (Å²) in [5.41, 5.74) is 0.191. The lowest BCUT2D eigenvalue weighted by molar-refractivity contribution is -0.0757. The molecular formula is C13H12O2S. The van der Waals surface area contributed by atoms with Crippen LogP contribution in [0.3, 0.4) is 0 Å². The Labute approximate surface area is 98.7 Å². The van der Waals surface area contributed by atoms with Crippen molar-refractivity contribution in [3.05, 3.63) is 0 Å². The van der Waals surface area contributed by atoms with Gasteiger partial charge >= 0.3 is 5.24 Å². The van der Waals surface area contributed by atoms with E-state index in [1.54, 1.807) is 0 Å². The predicted octanol–water partition coefficient (Wildman–Crippen LogP) is 1.59. The number of hydrogen-bond donors (Lipinski definition) is 0. The van der Waals surface area contributed by atoms with Crippen molar-refractivity contribution in [2.24, 2.45) is 47.3 Å². The molecule has 4 bridgehead atoms. The maximum Gasteiger partial charge on any atom is 0.353 e. The summed E-state index contributed by atoms with van der Waals surface area (Å²) in [6.07, 6.45) is 2.80. The first-order valence-corrected chi connectivity index (χ1v) is 7.13. The maximum atomic E-state index is 6.20. The molecule has 10 atom stereocenters. The molecule has 2 nitrogen and oxygen atoms in total. The molecule has 0 aromatic heterocycles. The quantitative estimate of drug-likeness (QED) is 0.591. The smallest absolute Gasteiger partial charge is 0.353 e. The third-order valence-corrected chi connectivity index (χ3v) is 8.14. The van der Waals surface area contributed by atoms with E-state index in [0.717, 1.165) is 47.3 Å². The van der Waals surface area contributed by atoms with Gasteiger partial charge in [-0.25, -0.2) is 0 Å². The van der Waals surface area contributed by atoms with Crippen molar-refractivity contribution < 1.29 is 9.47 Å². The van der Waals surface area contributed by atoms with Gasteiger partial charge in [0.2, 0.25) is 0 Å². The second kappa shape index (κ2) is 1.51. The van der Waals surface area contributed by atoms with Crippen LogP contribution < -0.4 is 0 Å². The molecule has 8 fully saturated rings. The molecule has 2 spiro atoms. The Hall–Kier alpha value is -0.310. The highest BCUT2D eigenvalue weighted by Gasteiger charge is 3.01. The summed E-state index contributed by atoms with van der Waals surface area (Å²) in [7, 11) is 0. The zero-order valence-corrected chi connectivity index (χ0v) is 9.57. The van der Waals surface area contributed by atoms with Gasteiger partial charge in [0.05, 0.1) is 0 Å². The fraction of sp³-hybridized carbons (Fsp3) is 0.923.